The highest BCUT2D eigenvalue weighted by Gasteiger charge is 2.10. The fourth-order valence-electron chi connectivity index (χ4n) is 2.95. The molecule has 1 N–H and O–H groups in total. The largest absolute Gasteiger partial charge is 0.381 e. The molecule has 0 unspecified atom stereocenters. The number of hydrogen-bond donors (Lipinski definition) is 1. The topological polar surface area (TPSA) is 24.9 Å². The second-order valence-corrected chi connectivity index (χ2v) is 9.79. The van der Waals surface area contributed by atoms with Gasteiger partial charge in [0.05, 0.1) is 15.2 Å². The van der Waals surface area contributed by atoms with E-state index in [1.165, 1.54) is 16.7 Å². The third-order valence-electron chi connectivity index (χ3n) is 4.44. The molecule has 142 valence electrons. The molecule has 0 fully saturated rings. The van der Waals surface area contributed by atoms with Crippen LogP contribution in [0.15, 0.2) is 63.8 Å². The van der Waals surface area contributed by atoms with Gasteiger partial charge in [0, 0.05) is 22.2 Å². The number of rotatable bonds is 5. The Balaban J connectivity index is 1.47. The summed E-state index contributed by atoms with van der Waals surface area (Å²) < 4.78 is 2.07. The zero-order valence-corrected chi connectivity index (χ0v) is 18.6. The van der Waals surface area contributed by atoms with Crippen LogP contribution >= 0.6 is 46.3 Å². The van der Waals surface area contributed by atoms with Gasteiger partial charge in [0.15, 0.2) is 4.34 Å². The van der Waals surface area contributed by atoms with Crippen LogP contribution in [0, 0.1) is 13.8 Å². The maximum atomic E-state index is 6.53. The molecule has 1 aromatic heterocycles. The minimum atomic E-state index is 0.701. The molecule has 0 aliphatic carbocycles. The number of anilines is 1. The molecule has 1 heterocycles. The summed E-state index contributed by atoms with van der Waals surface area (Å²) in [4.78, 5) is 5.64. The van der Waals surface area contributed by atoms with E-state index in [0.717, 1.165) is 31.7 Å². The molecule has 0 saturated carbocycles. The van der Waals surface area contributed by atoms with Crippen LogP contribution in [0.25, 0.3) is 10.2 Å². The van der Waals surface area contributed by atoms with Crippen LogP contribution < -0.4 is 5.32 Å². The Bertz CT molecular complexity index is 1150. The first-order valence-corrected chi connectivity index (χ1v) is 11.2. The molecule has 0 aliphatic heterocycles. The van der Waals surface area contributed by atoms with Gasteiger partial charge in [-0.25, -0.2) is 4.98 Å². The van der Waals surface area contributed by atoms with Gasteiger partial charge in [0.25, 0.3) is 0 Å². The van der Waals surface area contributed by atoms with Crippen molar-refractivity contribution in [1.82, 2.24) is 4.98 Å². The van der Waals surface area contributed by atoms with Gasteiger partial charge >= 0.3 is 0 Å². The van der Waals surface area contributed by atoms with Crippen molar-refractivity contribution in [2.75, 3.05) is 5.32 Å². The van der Waals surface area contributed by atoms with E-state index in [-0.39, 0.29) is 0 Å². The monoisotopic (exact) mass is 444 g/mol. The summed E-state index contributed by atoms with van der Waals surface area (Å²) in [5.41, 5.74) is 5.78. The van der Waals surface area contributed by atoms with Crippen LogP contribution in [-0.2, 0) is 6.54 Å². The van der Waals surface area contributed by atoms with Crippen LogP contribution in [0.1, 0.15) is 16.7 Å². The Labute approximate surface area is 182 Å². The van der Waals surface area contributed by atoms with Gasteiger partial charge in [-0.3, -0.25) is 0 Å². The molecule has 0 spiro atoms. The highest BCUT2D eigenvalue weighted by atomic mass is 35.5. The van der Waals surface area contributed by atoms with Crippen LogP contribution in [0.2, 0.25) is 10.0 Å². The van der Waals surface area contributed by atoms with E-state index >= 15 is 0 Å². The SMILES string of the molecule is Cc1ccc(CNc2ccc(Sc3nc4cc(Cl)ccc4s3)c(Cl)c2)c(C)c1. The lowest BCUT2D eigenvalue weighted by atomic mass is 10.1. The molecule has 6 heteroatoms. The molecule has 3 aromatic carbocycles. The number of benzene rings is 3. The van der Waals surface area contributed by atoms with Crippen molar-refractivity contribution in [2.24, 2.45) is 0 Å². The Morgan fingerprint density at radius 2 is 1.86 bits per heavy atom. The standard InChI is InChI=1S/C22H18Cl2N2S2/c1-13-3-4-15(14(2)9-13)12-25-17-6-8-20(18(24)11-17)27-22-26-19-10-16(23)5-7-21(19)28-22/h3-11,25H,12H2,1-2H3. The van der Waals surface area contributed by atoms with Gasteiger partial charge in [-0.15, -0.1) is 11.3 Å². The van der Waals surface area contributed by atoms with E-state index in [2.05, 4.69) is 48.4 Å². The second kappa shape index (κ2) is 8.34. The predicted octanol–water partition coefficient (Wildman–Crippen LogP) is 7.98. The lowest BCUT2D eigenvalue weighted by Crippen LogP contribution is -2.01. The number of thiazole rings is 1. The number of halogens is 2. The normalized spacial score (nSPS) is 11.1. The van der Waals surface area contributed by atoms with Crippen molar-refractivity contribution in [1.29, 1.82) is 0 Å². The zero-order valence-electron chi connectivity index (χ0n) is 15.4. The molecule has 4 rings (SSSR count). The average molecular weight is 445 g/mol. The highest BCUT2D eigenvalue weighted by Crippen LogP contribution is 2.39. The van der Waals surface area contributed by atoms with E-state index in [1.807, 2.05) is 30.3 Å². The lowest BCUT2D eigenvalue weighted by molar-refractivity contribution is 1.11. The van der Waals surface area contributed by atoms with Crippen molar-refractivity contribution in [3.8, 4) is 0 Å². The summed E-state index contributed by atoms with van der Waals surface area (Å²) in [6.07, 6.45) is 0. The molecule has 4 aromatic rings. The number of nitrogens with zero attached hydrogens (tertiary/aromatic N) is 1. The number of nitrogens with one attached hydrogen (secondary N) is 1. The van der Waals surface area contributed by atoms with Crippen molar-refractivity contribution in [2.45, 2.75) is 29.6 Å². The zero-order chi connectivity index (χ0) is 19.7. The molecule has 0 bridgehead atoms. The molecule has 0 aliphatic rings. The van der Waals surface area contributed by atoms with Crippen molar-refractivity contribution in [3.05, 3.63) is 81.3 Å². The van der Waals surface area contributed by atoms with E-state index in [4.69, 9.17) is 23.2 Å². The van der Waals surface area contributed by atoms with E-state index < -0.39 is 0 Å². The van der Waals surface area contributed by atoms with Crippen molar-refractivity contribution < 1.29 is 0 Å². The highest BCUT2D eigenvalue weighted by molar-refractivity contribution is 8.01. The van der Waals surface area contributed by atoms with Crippen LogP contribution in [0.3, 0.4) is 0 Å². The minimum Gasteiger partial charge on any atom is -0.381 e. The van der Waals surface area contributed by atoms with E-state index in [0.29, 0.717) is 10.0 Å². The van der Waals surface area contributed by atoms with Gasteiger partial charge in [0.1, 0.15) is 0 Å². The van der Waals surface area contributed by atoms with Crippen LogP contribution in [-0.4, -0.2) is 4.98 Å². The van der Waals surface area contributed by atoms with Crippen LogP contribution in [0.5, 0.6) is 0 Å². The smallest absolute Gasteiger partial charge is 0.155 e. The number of hydrogen-bond acceptors (Lipinski definition) is 4. The van der Waals surface area contributed by atoms with Gasteiger partial charge in [0.2, 0.25) is 0 Å². The molecule has 0 saturated heterocycles. The molecule has 28 heavy (non-hydrogen) atoms. The van der Waals surface area contributed by atoms with Gasteiger partial charge in [-0.1, -0.05) is 58.7 Å². The second-order valence-electron chi connectivity index (χ2n) is 6.62. The maximum absolute atomic E-state index is 6.53. The average Bonchev–Trinajstić information content (AvgIpc) is 3.04. The summed E-state index contributed by atoms with van der Waals surface area (Å²) in [5.74, 6) is 0. The Hall–Kier alpha value is -1.72. The van der Waals surface area contributed by atoms with E-state index in [9.17, 15) is 0 Å². The van der Waals surface area contributed by atoms with Crippen molar-refractivity contribution >= 4 is 62.2 Å². The summed E-state index contributed by atoms with van der Waals surface area (Å²) >= 11 is 15.8. The molecular weight excluding hydrogens is 427 g/mol. The Morgan fingerprint density at radius 3 is 2.64 bits per heavy atom. The number of aryl methyl sites for hydroxylation is 2. The lowest BCUT2D eigenvalue weighted by Gasteiger charge is -2.11. The first-order chi connectivity index (χ1) is 13.5. The van der Waals surface area contributed by atoms with Crippen molar-refractivity contribution in [3.63, 3.8) is 0 Å². The van der Waals surface area contributed by atoms with Gasteiger partial charge < -0.3 is 5.32 Å². The van der Waals surface area contributed by atoms with Gasteiger partial charge in [-0.05, 0) is 61.4 Å². The molecule has 0 amide bonds. The first kappa shape index (κ1) is 19.6. The molecule has 2 nitrogen and oxygen atoms in total. The minimum absolute atomic E-state index is 0.701. The Kier molecular flexibility index (Phi) is 5.83. The Morgan fingerprint density at radius 1 is 1.00 bits per heavy atom. The number of fused-ring (bicyclic) bond motifs is 1. The maximum Gasteiger partial charge on any atom is 0.155 e. The molecule has 0 atom stereocenters. The summed E-state index contributed by atoms with van der Waals surface area (Å²) in [7, 11) is 0. The van der Waals surface area contributed by atoms with Crippen LogP contribution in [0.4, 0.5) is 5.69 Å². The predicted molar refractivity (Wildman–Crippen MR) is 123 cm³/mol. The van der Waals surface area contributed by atoms with Gasteiger partial charge in [-0.2, -0.15) is 0 Å². The first-order valence-electron chi connectivity index (χ1n) is 8.81. The quantitative estimate of drug-likeness (QED) is 0.337. The number of aromatic nitrogens is 1. The van der Waals surface area contributed by atoms with E-state index in [1.54, 1.807) is 23.1 Å². The summed E-state index contributed by atoms with van der Waals surface area (Å²) in [5, 5.41) is 4.88. The molecule has 0 radical (unpaired) electrons. The summed E-state index contributed by atoms with van der Waals surface area (Å²) in [6.45, 7) is 5.02. The third kappa shape index (κ3) is 4.47. The summed E-state index contributed by atoms with van der Waals surface area (Å²) in [6, 6.07) is 18.4. The fraction of sp³-hybridized carbons (Fsp3) is 0.136. The molecular formula is C22H18Cl2N2S2. The fourth-order valence-corrected chi connectivity index (χ4v) is 5.42. The third-order valence-corrected chi connectivity index (χ3v) is 7.27.